The molecule has 0 atom stereocenters. The standard InChI is InChI=1S/C9H15NO2/c1-2-3-4-5-6-7-12-9(11)8-10/h4-8,10H2,1H3. The first-order valence-electron chi connectivity index (χ1n) is 4.06. The van der Waals surface area contributed by atoms with Crippen LogP contribution < -0.4 is 5.73 Å². The third-order valence-corrected chi connectivity index (χ3v) is 1.30. The summed E-state index contributed by atoms with van der Waals surface area (Å²) >= 11 is 0. The Morgan fingerprint density at radius 3 is 2.83 bits per heavy atom. The van der Waals surface area contributed by atoms with Crippen molar-refractivity contribution in [2.75, 3.05) is 13.2 Å². The quantitative estimate of drug-likeness (QED) is 0.374. The molecule has 0 rings (SSSR count). The maximum atomic E-state index is 10.5. The highest BCUT2D eigenvalue weighted by molar-refractivity contribution is 5.71. The van der Waals surface area contributed by atoms with Crippen molar-refractivity contribution in [2.24, 2.45) is 5.73 Å². The Bertz CT molecular complexity index is 179. The normalized spacial score (nSPS) is 8.50. The van der Waals surface area contributed by atoms with Crippen LogP contribution >= 0.6 is 0 Å². The smallest absolute Gasteiger partial charge is 0.319 e. The first-order chi connectivity index (χ1) is 5.81. The lowest BCUT2D eigenvalue weighted by molar-refractivity contribution is -0.142. The topological polar surface area (TPSA) is 52.3 Å². The van der Waals surface area contributed by atoms with E-state index in [-0.39, 0.29) is 12.5 Å². The van der Waals surface area contributed by atoms with Gasteiger partial charge in [0.1, 0.15) is 0 Å². The highest BCUT2D eigenvalue weighted by Gasteiger charge is 1.96. The fraction of sp³-hybridized carbons (Fsp3) is 0.667. The van der Waals surface area contributed by atoms with E-state index in [2.05, 4.69) is 11.8 Å². The van der Waals surface area contributed by atoms with E-state index in [1.54, 1.807) is 0 Å². The molecule has 3 heteroatoms. The second-order valence-electron chi connectivity index (χ2n) is 2.31. The van der Waals surface area contributed by atoms with Crippen molar-refractivity contribution in [3.63, 3.8) is 0 Å². The number of nitrogens with two attached hydrogens (primary N) is 1. The minimum atomic E-state index is -0.337. The van der Waals surface area contributed by atoms with Gasteiger partial charge in [0, 0.05) is 6.42 Å². The van der Waals surface area contributed by atoms with Crippen LogP contribution in [-0.4, -0.2) is 19.1 Å². The van der Waals surface area contributed by atoms with Crippen LogP contribution in [0.5, 0.6) is 0 Å². The lowest BCUT2D eigenvalue weighted by Gasteiger charge is -2.00. The number of hydrogen-bond donors (Lipinski definition) is 1. The Labute approximate surface area is 73.3 Å². The summed E-state index contributed by atoms with van der Waals surface area (Å²) in [5.74, 6) is 5.40. The van der Waals surface area contributed by atoms with Gasteiger partial charge in [0.05, 0.1) is 13.2 Å². The molecule has 0 aliphatic heterocycles. The van der Waals surface area contributed by atoms with Gasteiger partial charge in [-0.1, -0.05) is 0 Å². The third kappa shape index (κ3) is 7.10. The molecule has 0 spiro atoms. The van der Waals surface area contributed by atoms with Crippen LogP contribution in [0.15, 0.2) is 0 Å². The van der Waals surface area contributed by atoms with E-state index in [1.165, 1.54) is 0 Å². The molecule has 0 saturated heterocycles. The molecular formula is C9H15NO2. The number of esters is 1. The van der Waals surface area contributed by atoms with Gasteiger partial charge in [0.2, 0.25) is 0 Å². The summed E-state index contributed by atoms with van der Waals surface area (Å²) in [6.45, 7) is 2.24. The molecular weight excluding hydrogens is 154 g/mol. The fourth-order valence-corrected chi connectivity index (χ4v) is 0.685. The van der Waals surface area contributed by atoms with Crippen LogP contribution in [-0.2, 0) is 9.53 Å². The molecule has 0 aromatic heterocycles. The molecule has 0 saturated carbocycles. The van der Waals surface area contributed by atoms with Gasteiger partial charge in [0.15, 0.2) is 0 Å². The predicted molar refractivity (Wildman–Crippen MR) is 47.3 cm³/mol. The molecule has 0 radical (unpaired) electrons. The third-order valence-electron chi connectivity index (χ3n) is 1.30. The largest absolute Gasteiger partial charge is 0.465 e. The van der Waals surface area contributed by atoms with Gasteiger partial charge in [-0.3, -0.25) is 4.79 Å². The molecule has 68 valence electrons. The lowest BCUT2D eigenvalue weighted by Crippen LogP contribution is -2.17. The molecule has 0 unspecified atom stereocenters. The second-order valence-corrected chi connectivity index (χ2v) is 2.31. The van der Waals surface area contributed by atoms with Crippen molar-refractivity contribution in [1.29, 1.82) is 0 Å². The van der Waals surface area contributed by atoms with Gasteiger partial charge in [-0.25, -0.2) is 0 Å². The molecule has 0 aromatic carbocycles. The second kappa shape index (κ2) is 8.09. The van der Waals surface area contributed by atoms with Crippen LogP contribution in [0.2, 0.25) is 0 Å². The zero-order chi connectivity index (χ0) is 9.23. The lowest BCUT2D eigenvalue weighted by atomic mass is 10.2. The van der Waals surface area contributed by atoms with Crippen molar-refractivity contribution in [1.82, 2.24) is 0 Å². The molecule has 0 aliphatic carbocycles. The maximum absolute atomic E-state index is 10.5. The Morgan fingerprint density at radius 1 is 1.50 bits per heavy atom. The fourth-order valence-electron chi connectivity index (χ4n) is 0.685. The van der Waals surface area contributed by atoms with Crippen molar-refractivity contribution >= 4 is 5.97 Å². The highest BCUT2D eigenvalue weighted by Crippen LogP contribution is 1.94. The summed E-state index contributed by atoms with van der Waals surface area (Å²) in [5.41, 5.74) is 5.04. The van der Waals surface area contributed by atoms with Crippen LogP contribution in [0.3, 0.4) is 0 Å². The Kier molecular flexibility index (Phi) is 7.41. The number of hydrogen-bond acceptors (Lipinski definition) is 3. The van der Waals surface area contributed by atoms with Crippen molar-refractivity contribution in [2.45, 2.75) is 26.2 Å². The molecule has 0 aliphatic rings. The van der Waals surface area contributed by atoms with Crippen LogP contribution in [0.1, 0.15) is 26.2 Å². The highest BCUT2D eigenvalue weighted by atomic mass is 16.5. The average Bonchev–Trinajstić information content (AvgIpc) is 2.10. The average molecular weight is 169 g/mol. The molecule has 2 N–H and O–H groups in total. The molecule has 0 aromatic rings. The monoisotopic (exact) mass is 169 g/mol. The number of unbranched alkanes of at least 4 members (excludes halogenated alkanes) is 2. The van der Waals surface area contributed by atoms with E-state index in [1.807, 2.05) is 6.92 Å². The predicted octanol–water partition coefficient (Wildman–Crippen LogP) is 0.682. The minimum Gasteiger partial charge on any atom is -0.465 e. The summed E-state index contributed by atoms with van der Waals surface area (Å²) in [5, 5.41) is 0. The van der Waals surface area contributed by atoms with Crippen molar-refractivity contribution in [3.05, 3.63) is 0 Å². The minimum absolute atomic E-state index is 0.0330. The zero-order valence-electron chi connectivity index (χ0n) is 7.43. The summed E-state index contributed by atoms with van der Waals surface area (Å²) < 4.78 is 4.76. The summed E-state index contributed by atoms with van der Waals surface area (Å²) in [6, 6.07) is 0. The SMILES string of the molecule is CC#CCCCCOC(=O)CN. The number of carbonyl (C=O) groups is 1. The van der Waals surface area contributed by atoms with Crippen molar-refractivity contribution < 1.29 is 9.53 Å². The molecule has 0 bridgehead atoms. The van der Waals surface area contributed by atoms with Crippen LogP contribution in [0.4, 0.5) is 0 Å². The summed E-state index contributed by atoms with van der Waals surface area (Å²) in [6.07, 6.45) is 2.70. The van der Waals surface area contributed by atoms with Crippen molar-refractivity contribution in [3.8, 4) is 11.8 Å². The molecule has 0 fully saturated rings. The molecule has 0 amide bonds. The van der Waals surface area contributed by atoms with E-state index in [9.17, 15) is 4.79 Å². The van der Waals surface area contributed by atoms with E-state index >= 15 is 0 Å². The Hall–Kier alpha value is -1.01. The Balaban J connectivity index is 3.09. The van der Waals surface area contributed by atoms with Crippen LogP contribution in [0, 0.1) is 11.8 Å². The summed E-state index contributed by atoms with van der Waals surface area (Å²) in [7, 11) is 0. The van der Waals surface area contributed by atoms with Gasteiger partial charge in [0.25, 0.3) is 0 Å². The first-order valence-corrected chi connectivity index (χ1v) is 4.06. The van der Waals surface area contributed by atoms with Crippen LogP contribution in [0.25, 0.3) is 0 Å². The van der Waals surface area contributed by atoms with E-state index in [4.69, 9.17) is 10.5 Å². The number of carbonyl (C=O) groups excluding carboxylic acids is 1. The molecule has 0 heterocycles. The first kappa shape index (κ1) is 11.0. The van der Waals surface area contributed by atoms with E-state index < -0.39 is 0 Å². The maximum Gasteiger partial charge on any atom is 0.319 e. The zero-order valence-corrected chi connectivity index (χ0v) is 7.43. The van der Waals surface area contributed by atoms with Gasteiger partial charge in [-0.15, -0.1) is 11.8 Å². The summed E-state index contributed by atoms with van der Waals surface area (Å²) in [4.78, 5) is 10.5. The van der Waals surface area contributed by atoms with Gasteiger partial charge in [-0.2, -0.15) is 0 Å². The van der Waals surface area contributed by atoms with E-state index in [0.29, 0.717) is 6.61 Å². The number of rotatable bonds is 5. The van der Waals surface area contributed by atoms with Gasteiger partial charge in [-0.05, 0) is 19.8 Å². The molecule has 3 nitrogen and oxygen atoms in total. The van der Waals surface area contributed by atoms with Gasteiger partial charge < -0.3 is 10.5 Å². The molecule has 12 heavy (non-hydrogen) atoms. The number of ether oxygens (including phenoxy) is 1. The Morgan fingerprint density at radius 2 is 2.25 bits per heavy atom. The van der Waals surface area contributed by atoms with Gasteiger partial charge >= 0.3 is 5.97 Å². The van der Waals surface area contributed by atoms with E-state index in [0.717, 1.165) is 19.3 Å².